The van der Waals surface area contributed by atoms with Crippen molar-refractivity contribution in [2.45, 2.75) is 45.3 Å². The molecule has 1 aromatic heterocycles. The van der Waals surface area contributed by atoms with Gasteiger partial charge < -0.3 is 19.8 Å². The SMILES string of the molecule is CCNC(=NCCc1ccco1)NC1CC(C)(C)Oc2ccccc21.I. The van der Waals surface area contributed by atoms with Crippen molar-refractivity contribution in [1.82, 2.24) is 10.6 Å². The lowest BCUT2D eigenvalue weighted by Crippen LogP contribution is -2.45. The fourth-order valence-electron chi connectivity index (χ4n) is 3.15. The first-order valence-corrected chi connectivity index (χ1v) is 8.92. The molecule has 142 valence electrons. The van der Waals surface area contributed by atoms with Crippen LogP contribution in [0.15, 0.2) is 52.1 Å². The van der Waals surface area contributed by atoms with Crippen molar-refractivity contribution >= 4 is 29.9 Å². The van der Waals surface area contributed by atoms with E-state index >= 15 is 0 Å². The highest BCUT2D eigenvalue weighted by Gasteiger charge is 2.33. The van der Waals surface area contributed by atoms with Crippen molar-refractivity contribution in [3.05, 3.63) is 54.0 Å². The molecule has 0 radical (unpaired) electrons. The van der Waals surface area contributed by atoms with Gasteiger partial charge in [-0.2, -0.15) is 0 Å². The van der Waals surface area contributed by atoms with Crippen molar-refractivity contribution in [3.63, 3.8) is 0 Å². The largest absolute Gasteiger partial charge is 0.487 e. The van der Waals surface area contributed by atoms with Crippen molar-refractivity contribution in [2.24, 2.45) is 4.99 Å². The van der Waals surface area contributed by atoms with Crippen LogP contribution in [0.4, 0.5) is 0 Å². The minimum absolute atomic E-state index is 0. The smallest absolute Gasteiger partial charge is 0.191 e. The Balaban J connectivity index is 0.00000243. The van der Waals surface area contributed by atoms with Crippen molar-refractivity contribution in [3.8, 4) is 5.75 Å². The zero-order chi connectivity index (χ0) is 17.7. The van der Waals surface area contributed by atoms with Gasteiger partial charge in [0, 0.05) is 31.5 Å². The summed E-state index contributed by atoms with van der Waals surface area (Å²) in [7, 11) is 0. The van der Waals surface area contributed by atoms with Crippen molar-refractivity contribution in [1.29, 1.82) is 0 Å². The third kappa shape index (κ3) is 5.40. The van der Waals surface area contributed by atoms with Gasteiger partial charge in [0.15, 0.2) is 5.96 Å². The molecular formula is C20H28IN3O2. The summed E-state index contributed by atoms with van der Waals surface area (Å²) >= 11 is 0. The Labute approximate surface area is 172 Å². The van der Waals surface area contributed by atoms with Gasteiger partial charge in [-0.05, 0) is 39.0 Å². The molecule has 2 N–H and O–H groups in total. The Bertz CT molecular complexity index is 714. The molecule has 6 heteroatoms. The average Bonchev–Trinajstić information content (AvgIpc) is 3.07. The number of hydrogen-bond donors (Lipinski definition) is 2. The van der Waals surface area contributed by atoms with Crippen LogP contribution in [0.2, 0.25) is 0 Å². The second-order valence-electron chi connectivity index (χ2n) is 6.89. The van der Waals surface area contributed by atoms with Gasteiger partial charge in [-0.15, -0.1) is 24.0 Å². The van der Waals surface area contributed by atoms with Gasteiger partial charge in [-0.25, -0.2) is 0 Å². The standard InChI is InChI=1S/C20H27N3O2.HI/c1-4-21-19(22-12-11-15-8-7-13-24-15)23-17-14-20(2,3)25-18-10-6-5-9-16(17)18;/h5-10,13,17H,4,11-12,14H2,1-3H3,(H2,21,22,23);1H. The lowest BCUT2D eigenvalue weighted by Gasteiger charge is -2.38. The first kappa shape index (κ1) is 20.6. The van der Waals surface area contributed by atoms with Gasteiger partial charge in [0.2, 0.25) is 0 Å². The van der Waals surface area contributed by atoms with Gasteiger partial charge in [0.05, 0.1) is 12.3 Å². The van der Waals surface area contributed by atoms with E-state index in [1.807, 2.05) is 24.3 Å². The maximum Gasteiger partial charge on any atom is 0.191 e. The predicted octanol–water partition coefficient (Wildman–Crippen LogP) is 4.30. The van der Waals surface area contributed by atoms with Crippen LogP contribution in [-0.4, -0.2) is 24.7 Å². The van der Waals surface area contributed by atoms with Gasteiger partial charge in [-0.3, -0.25) is 4.99 Å². The number of guanidine groups is 1. The third-order valence-corrected chi connectivity index (χ3v) is 4.24. The summed E-state index contributed by atoms with van der Waals surface area (Å²) in [6.45, 7) is 7.82. The van der Waals surface area contributed by atoms with Crippen LogP contribution in [-0.2, 0) is 6.42 Å². The number of benzene rings is 1. The van der Waals surface area contributed by atoms with E-state index in [1.165, 1.54) is 5.56 Å². The molecule has 2 heterocycles. The minimum atomic E-state index is -0.211. The molecule has 1 unspecified atom stereocenters. The maximum absolute atomic E-state index is 6.11. The van der Waals surface area contributed by atoms with E-state index in [9.17, 15) is 0 Å². The van der Waals surface area contributed by atoms with Gasteiger partial charge in [-0.1, -0.05) is 18.2 Å². The first-order chi connectivity index (χ1) is 12.1. The van der Waals surface area contributed by atoms with Crippen LogP contribution in [0.25, 0.3) is 0 Å². The number of rotatable bonds is 5. The molecule has 1 atom stereocenters. The summed E-state index contributed by atoms with van der Waals surface area (Å²) in [5.74, 6) is 2.73. The van der Waals surface area contributed by atoms with Crippen LogP contribution in [0.1, 0.15) is 44.6 Å². The number of aliphatic imine (C=N–C) groups is 1. The molecule has 26 heavy (non-hydrogen) atoms. The molecule has 0 spiro atoms. The average molecular weight is 469 g/mol. The van der Waals surface area contributed by atoms with Gasteiger partial charge >= 0.3 is 0 Å². The second kappa shape index (κ2) is 9.30. The summed E-state index contributed by atoms with van der Waals surface area (Å²) < 4.78 is 11.5. The summed E-state index contributed by atoms with van der Waals surface area (Å²) in [6, 6.07) is 12.3. The summed E-state index contributed by atoms with van der Waals surface area (Å²) in [6.07, 6.45) is 3.37. The molecule has 5 nitrogen and oxygen atoms in total. The van der Waals surface area contributed by atoms with Crippen LogP contribution < -0.4 is 15.4 Å². The van der Waals surface area contributed by atoms with Crippen LogP contribution in [0.3, 0.4) is 0 Å². The molecular weight excluding hydrogens is 441 g/mol. The lowest BCUT2D eigenvalue weighted by molar-refractivity contribution is 0.0694. The van der Waals surface area contributed by atoms with Crippen LogP contribution in [0, 0.1) is 0 Å². The Morgan fingerprint density at radius 3 is 2.77 bits per heavy atom. The number of hydrogen-bond acceptors (Lipinski definition) is 3. The zero-order valence-electron chi connectivity index (χ0n) is 15.6. The normalized spacial score (nSPS) is 18.3. The van der Waals surface area contributed by atoms with E-state index < -0.39 is 0 Å². The zero-order valence-corrected chi connectivity index (χ0v) is 17.9. The third-order valence-electron chi connectivity index (χ3n) is 4.24. The Hall–Kier alpha value is -1.70. The van der Waals surface area contributed by atoms with E-state index in [2.05, 4.69) is 43.5 Å². The monoisotopic (exact) mass is 469 g/mol. The lowest BCUT2D eigenvalue weighted by atomic mass is 9.90. The van der Waals surface area contributed by atoms with Gasteiger partial charge in [0.25, 0.3) is 0 Å². The summed E-state index contributed by atoms with van der Waals surface area (Å²) in [4.78, 5) is 4.70. The van der Waals surface area contributed by atoms with Gasteiger partial charge in [0.1, 0.15) is 17.1 Å². The number of furan rings is 1. The molecule has 0 bridgehead atoms. The predicted molar refractivity (Wildman–Crippen MR) is 115 cm³/mol. The highest BCUT2D eigenvalue weighted by molar-refractivity contribution is 14.0. The second-order valence-corrected chi connectivity index (χ2v) is 6.89. The molecule has 1 aromatic carbocycles. The fraction of sp³-hybridized carbons (Fsp3) is 0.450. The van der Waals surface area contributed by atoms with E-state index in [1.54, 1.807) is 6.26 Å². The molecule has 3 rings (SSSR count). The van der Waals surface area contributed by atoms with E-state index in [0.29, 0.717) is 6.54 Å². The Morgan fingerprint density at radius 2 is 2.04 bits per heavy atom. The molecule has 0 saturated carbocycles. The molecule has 0 saturated heterocycles. The number of nitrogens with one attached hydrogen (secondary N) is 2. The summed E-state index contributed by atoms with van der Waals surface area (Å²) in [5.41, 5.74) is 0.968. The van der Waals surface area contributed by atoms with E-state index in [4.69, 9.17) is 14.1 Å². The summed E-state index contributed by atoms with van der Waals surface area (Å²) in [5, 5.41) is 6.91. The number of para-hydroxylation sites is 1. The number of halogens is 1. The number of ether oxygens (including phenoxy) is 1. The molecule has 0 amide bonds. The Morgan fingerprint density at radius 1 is 1.23 bits per heavy atom. The maximum atomic E-state index is 6.11. The van der Waals surface area contributed by atoms with E-state index in [0.717, 1.165) is 36.9 Å². The van der Waals surface area contributed by atoms with Crippen LogP contribution >= 0.6 is 24.0 Å². The highest BCUT2D eigenvalue weighted by Crippen LogP contribution is 2.39. The fourth-order valence-corrected chi connectivity index (χ4v) is 3.15. The first-order valence-electron chi connectivity index (χ1n) is 8.92. The highest BCUT2D eigenvalue weighted by atomic mass is 127. The minimum Gasteiger partial charge on any atom is -0.487 e. The quantitative estimate of drug-likeness (QED) is 0.390. The van der Waals surface area contributed by atoms with E-state index in [-0.39, 0.29) is 35.6 Å². The molecule has 0 aliphatic carbocycles. The number of nitrogens with zero attached hydrogens (tertiary/aromatic N) is 1. The van der Waals surface area contributed by atoms with Crippen LogP contribution in [0.5, 0.6) is 5.75 Å². The topological polar surface area (TPSA) is 58.8 Å². The molecule has 0 fully saturated rings. The Kier molecular flexibility index (Phi) is 7.37. The number of fused-ring (bicyclic) bond motifs is 1. The molecule has 2 aromatic rings. The van der Waals surface area contributed by atoms with Crippen molar-refractivity contribution in [2.75, 3.05) is 13.1 Å². The molecule has 1 aliphatic heterocycles. The van der Waals surface area contributed by atoms with Crippen molar-refractivity contribution < 1.29 is 9.15 Å². The molecule has 1 aliphatic rings.